The lowest BCUT2D eigenvalue weighted by Gasteiger charge is -2.15. The van der Waals surface area contributed by atoms with Gasteiger partial charge in [-0.05, 0) is 71.8 Å². The lowest BCUT2D eigenvalue weighted by Crippen LogP contribution is -2.31. The van der Waals surface area contributed by atoms with Gasteiger partial charge in [-0.2, -0.15) is 0 Å². The Bertz CT molecular complexity index is 1040. The number of carbonyl (C=O) groups is 3. The van der Waals surface area contributed by atoms with Crippen LogP contribution in [0.3, 0.4) is 0 Å². The van der Waals surface area contributed by atoms with Gasteiger partial charge >= 0.3 is 6.03 Å². The minimum absolute atomic E-state index is 0.189. The second-order valence-electron chi connectivity index (χ2n) is 6.91. The fourth-order valence-electron chi connectivity index (χ4n) is 3.10. The van der Waals surface area contributed by atoms with Crippen LogP contribution in [0.25, 0.3) is 6.08 Å². The van der Waals surface area contributed by atoms with Gasteiger partial charge in [0.15, 0.2) is 18.1 Å². The first-order valence-corrected chi connectivity index (χ1v) is 11.3. The van der Waals surface area contributed by atoms with E-state index >= 15 is 0 Å². The van der Waals surface area contributed by atoms with Crippen molar-refractivity contribution in [1.82, 2.24) is 10.2 Å². The molecule has 1 saturated heterocycles. The molecule has 2 aromatic rings. The van der Waals surface area contributed by atoms with Gasteiger partial charge in [0.05, 0.1) is 10.2 Å². The number of carbonyl (C=O) groups excluding carboxylic acids is 3. The molecule has 0 radical (unpaired) electrons. The van der Waals surface area contributed by atoms with Crippen LogP contribution >= 0.6 is 22.6 Å². The van der Waals surface area contributed by atoms with E-state index in [2.05, 4.69) is 33.2 Å². The average molecular weight is 549 g/mol. The molecule has 1 aliphatic heterocycles. The van der Waals surface area contributed by atoms with Crippen LogP contribution < -0.4 is 20.1 Å². The molecular weight excluding hydrogens is 525 g/mol. The number of imide groups is 1. The van der Waals surface area contributed by atoms with Crippen LogP contribution in [0.1, 0.15) is 25.8 Å². The number of amides is 4. The summed E-state index contributed by atoms with van der Waals surface area (Å²) in [5, 5.41) is 5.37. The van der Waals surface area contributed by atoms with E-state index in [1.807, 2.05) is 32.0 Å². The van der Waals surface area contributed by atoms with E-state index in [9.17, 15) is 14.4 Å². The maximum atomic E-state index is 12.5. The van der Waals surface area contributed by atoms with Gasteiger partial charge in [-0.1, -0.05) is 25.1 Å². The number of ether oxygens (including phenoxy) is 2. The van der Waals surface area contributed by atoms with Crippen LogP contribution in [-0.4, -0.2) is 42.5 Å². The number of hydrogen-bond acceptors (Lipinski definition) is 5. The van der Waals surface area contributed by atoms with E-state index in [-0.39, 0.29) is 24.1 Å². The van der Waals surface area contributed by atoms with E-state index in [1.54, 1.807) is 30.3 Å². The summed E-state index contributed by atoms with van der Waals surface area (Å²) in [6.07, 6.45) is 2.29. The molecule has 0 aliphatic carbocycles. The minimum atomic E-state index is -0.424. The topological polar surface area (TPSA) is 97.0 Å². The standard InChI is InChI=1S/C23H24IN3O5/c1-3-10-27-22(29)18(26-23(27)30)12-15-11-17(24)21(19(13-15)31-4-2)32-14-20(28)25-16-8-6-5-7-9-16/h5-9,11-13H,3-4,10,14H2,1-2H3,(H,25,28)(H,26,30)/b18-12+. The Morgan fingerprint density at radius 1 is 1.16 bits per heavy atom. The van der Waals surface area contributed by atoms with Gasteiger partial charge in [0.25, 0.3) is 11.8 Å². The Balaban J connectivity index is 1.77. The summed E-state index contributed by atoms with van der Waals surface area (Å²) in [4.78, 5) is 37.9. The molecule has 2 aromatic carbocycles. The minimum Gasteiger partial charge on any atom is -0.490 e. The highest BCUT2D eigenvalue weighted by Crippen LogP contribution is 2.35. The highest BCUT2D eigenvalue weighted by atomic mass is 127. The predicted molar refractivity (Wildman–Crippen MR) is 129 cm³/mol. The first kappa shape index (κ1) is 23.6. The summed E-state index contributed by atoms with van der Waals surface area (Å²) < 4.78 is 12.2. The van der Waals surface area contributed by atoms with Gasteiger partial charge in [0.1, 0.15) is 5.70 Å². The number of nitrogens with one attached hydrogen (secondary N) is 2. The third-order valence-corrected chi connectivity index (χ3v) is 5.26. The largest absolute Gasteiger partial charge is 0.490 e. The number of hydrogen-bond donors (Lipinski definition) is 2. The van der Waals surface area contributed by atoms with E-state index in [0.29, 0.717) is 45.9 Å². The lowest BCUT2D eigenvalue weighted by atomic mass is 10.1. The van der Waals surface area contributed by atoms with Crippen molar-refractivity contribution in [2.24, 2.45) is 0 Å². The summed E-state index contributed by atoms with van der Waals surface area (Å²) in [5.41, 5.74) is 1.56. The Morgan fingerprint density at radius 2 is 1.91 bits per heavy atom. The Kier molecular flexibility index (Phi) is 8.09. The number of nitrogens with zero attached hydrogens (tertiary/aromatic N) is 1. The molecule has 2 N–H and O–H groups in total. The molecule has 32 heavy (non-hydrogen) atoms. The van der Waals surface area contributed by atoms with Crippen LogP contribution in [0, 0.1) is 3.57 Å². The van der Waals surface area contributed by atoms with Crippen molar-refractivity contribution in [3.8, 4) is 11.5 Å². The predicted octanol–water partition coefficient (Wildman–Crippen LogP) is 4.01. The molecule has 0 saturated carbocycles. The molecule has 0 spiro atoms. The zero-order chi connectivity index (χ0) is 23.1. The number of rotatable bonds is 9. The van der Waals surface area contributed by atoms with Crippen LogP contribution in [0.2, 0.25) is 0 Å². The van der Waals surface area contributed by atoms with Gasteiger partial charge in [-0.3, -0.25) is 14.5 Å². The molecule has 0 aromatic heterocycles. The van der Waals surface area contributed by atoms with Crippen LogP contribution in [0.4, 0.5) is 10.5 Å². The monoisotopic (exact) mass is 549 g/mol. The van der Waals surface area contributed by atoms with Gasteiger partial charge in [0, 0.05) is 12.2 Å². The van der Waals surface area contributed by atoms with E-state index < -0.39 is 6.03 Å². The number of halogens is 1. The lowest BCUT2D eigenvalue weighted by molar-refractivity contribution is -0.123. The highest BCUT2D eigenvalue weighted by Gasteiger charge is 2.32. The third-order valence-electron chi connectivity index (χ3n) is 4.46. The first-order valence-electron chi connectivity index (χ1n) is 10.2. The van der Waals surface area contributed by atoms with Crippen LogP contribution in [0.15, 0.2) is 48.2 Å². The molecule has 4 amide bonds. The summed E-state index contributed by atoms with van der Waals surface area (Å²) in [6.45, 7) is 4.31. The number of benzene rings is 2. The molecule has 1 heterocycles. The average Bonchev–Trinajstić information content (AvgIpc) is 3.02. The second kappa shape index (κ2) is 11.0. The molecule has 0 unspecified atom stereocenters. The van der Waals surface area contributed by atoms with Crippen LogP contribution in [-0.2, 0) is 9.59 Å². The second-order valence-corrected chi connectivity index (χ2v) is 8.07. The summed E-state index contributed by atoms with van der Waals surface area (Å²) in [7, 11) is 0. The van der Waals surface area contributed by atoms with Gasteiger partial charge in [-0.25, -0.2) is 4.79 Å². The molecule has 1 fully saturated rings. The molecule has 168 valence electrons. The molecule has 0 atom stereocenters. The van der Waals surface area contributed by atoms with Crippen molar-refractivity contribution in [3.05, 3.63) is 57.3 Å². The maximum Gasteiger partial charge on any atom is 0.329 e. The fraction of sp³-hybridized carbons (Fsp3) is 0.261. The van der Waals surface area contributed by atoms with E-state index in [0.717, 1.165) is 0 Å². The zero-order valence-electron chi connectivity index (χ0n) is 17.8. The Morgan fingerprint density at radius 3 is 2.59 bits per heavy atom. The van der Waals surface area contributed by atoms with Crippen LogP contribution in [0.5, 0.6) is 11.5 Å². The molecule has 8 nitrogen and oxygen atoms in total. The summed E-state index contributed by atoms with van der Waals surface area (Å²) >= 11 is 2.09. The Hall–Kier alpha value is -3.08. The SMILES string of the molecule is CCCN1C(=O)N/C(=C/c2cc(I)c(OCC(=O)Nc3ccccc3)c(OCC)c2)C1=O. The molecule has 1 aliphatic rings. The number of urea groups is 1. The summed E-state index contributed by atoms with van der Waals surface area (Å²) in [6, 6.07) is 12.2. The normalized spacial score (nSPS) is 14.5. The summed E-state index contributed by atoms with van der Waals surface area (Å²) in [5.74, 6) is 0.229. The van der Waals surface area contributed by atoms with Crippen molar-refractivity contribution in [3.63, 3.8) is 0 Å². The van der Waals surface area contributed by atoms with Crippen molar-refractivity contribution >= 4 is 52.2 Å². The van der Waals surface area contributed by atoms with Crippen molar-refractivity contribution in [2.45, 2.75) is 20.3 Å². The third kappa shape index (κ3) is 5.78. The van der Waals surface area contributed by atoms with E-state index in [1.165, 1.54) is 4.90 Å². The fourth-order valence-corrected chi connectivity index (χ4v) is 3.88. The zero-order valence-corrected chi connectivity index (χ0v) is 20.0. The Labute approximate surface area is 200 Å². The van der Waals surface area contributed by atoms with Gasteiger partial charge < -0.3 is 20.1 Å². The maximum absolute atomic E-state index is 12.5. The smallest absolute Gasteiger partial charge is 0.329 e. The number of para-hydroxylation sites is 1. The van der Waals surface area contributed by atoms with Crippen molar-refractivity contribution in [1.29, 1.82) is 0 Å². The number of anilines is 1. The molecule has 3 rings (SSSR count). The highest BCUT2D eigenvalue weighted by molar-refractivity contribution is 14.1. The van der Waals surface area contributed by atoms with Crippen molar-refractivity contribution in [2.75, 3.05) is 25.1 Å². The molecule has 0 bridgehead atoms. The molecule has 9 heteroatoms. The van der Waals surface area contributed by atoms with E-state index in [4.69, 9.17) is 9.47 Å². The van der Waals surface area contributed by atoms with Gasteiger partial charge in [0.2, 0.25) is 0 Å². The van der Waals surface area contributed by atoms with Crippen molar-refractivity contribution < 1.29 is 23.9 Å². The van der Waals surface area contributed by atoms with Gasteiger partial charge in [-0.15, -0.1) is 0 Å². The first-order chi connectivity index (χ1) is 15.4. The quantitative estimate of drug-likeness (QED) is 0.280. The molecular formula is C23H24IN3O5.